The van der Waals surface area contributed by atoms with Crippen LogP contribution in [0.1, 0.15) is 62.0 Å². The number of amides is 1. The van der Waals surface area contributed by atoms with Crippen molar-refractivity contribution in [2.24, 2.45) is 5.92 Å². The highest BCUT2D eigenvalue weighted by atomic mass is 19.1. The van der Waals surface area contributed by atoms with Gasteiger partial charge in [0, 0.05) is 36.7 Å². The van der Waals surface area contributed by atoms with E-state index in [1.54, 1.807) is 13.0 Å². The lowest BCUT2D eigenvalue weighted by atomic mass is 9.70. The molecule has 1 amide bonds. The maximum atomic E-state index is 13.8. The van der Waals surface area contributed by atoms with Gasteiger partial charge in [0.25, 0.3) is 5.91 Å². The van der Waals surface area contributed by atoms with Crippen LogP contribution < -0.4 is 19.5 Å². The Morgan fingerprint density at radius 3 is 2.36 bits per heavy atom. The first-order valence-corrected chi connectivity index (χ1v) is 11.7. The van der Waals surface area contributed by atoms with Gasteiger partial charge in [0.15, 0.2) is 11.4 Å². The van der Waals surface area contributed by atoms with Crippen molar-refractivity contribution in [3.8, 4) is 17.2 Å². The summed E-state index contributed by atoms with van der Waals surface area (Å²) in [5.74, 6) is -2.01. The fraction of sp³-hybridized carbons (Fsp3) is 0.462. The molecule has 0 saturated heterocycles. The molecule has 0 bridgehead atoms. The number of rotatable bonds is 10. The Morgan fingerprint density at radius 1 is 1.08 bits per heavy atom. The van der Waals surface area contributed by atoms with E-state index in [-0.39, 0.29) is 29.0 Å². The number of hydrogen-bond acceptors (Lipinski definition) is 8. The maximum Gasteiger partial charge on any atom is 0.328 e. The standard InChI is InChI=1S/C26H31FN2O7/c1-14(29-25(31)23-24(36-16(3)30)20(33-4)11-12-28-23)26(32)35-15(2)22(17-7-6-8-17)19-10-9-18(27)13-21(19)34-5/h9-15,17,22H,6-8H2,1-5H3,(H,29,31)/t14-,15-,22+/m0/s1. The van der Waals surface area contributed by atoms with E-state index in [4.69, 9.17) is 18.9 Å². The maximum absolute atomic E-state index is 13.8. The van der Waals surface area contributed by atoms with Crippen molar-refractivity contribution in [1.29, 1.82) is 0 Å². The molecule has 1 aliphatic rings. The van der Waals surface area contributed by atoms with Crippen molar-refractivity contribution < 1.29 is 37.7 Å². The molecular weight excluding hydrogens is 471 g/mol. The largest absolute Gasteiger partial charge is 0.496 e. The van der Waals surface area contributed by atoms with Crippen molar-refractivity contribution >= 4 is 17.8 Å². The molecule has 36 heavy (non-hydrogen) atoms. The summed E-state index contributed by atoms with van der Waals surface area (Å²) in [4.78, 5) is 41.3. The van der Waals surface area contributed by atoms with Gasteiger partial charge in [-0.05, 0) is 38.7 Å². The number of halogens is 1. The molecule has 1 fully saturated rings. The van der Waals surface area contributed by atoms with Gasteiger partial charge in [-0.25, -0.2) is 14.2 Å². The lowest BCUT2D eigenvalue weighted by Crippen LogP contribution is -2.42. The number of nitrogens with one attached hydrogen (secondary N) is 1. The van der Waals surface area contributed by atoms with Crippen LogP contribution in [0.5, 0.6) is 17.2 Å². The van der Waals surface area contributed by atoms with Crippen LogP contribution in [0.25, 0.3) is 0 Å². The third kappa shape index (κ3) is 6.10. The number of carbonyl (C=O) groups is 3. The van der Waals surface area contributed by atoms with E-state index in [0.717, 1.165) is 24.8 Å². The molecule has 10 heteroatoms. The average Bonchev–Trinajstić information content (AvgIpc) is 2.80. The Morgan fingerprint density at radius 2 is 1.78 bits per heavy atom. The normalized spacial score (nSPS) is 15.6. The topological polar surface area (TPSA) is 113 Å². The summed E-state index contributed by atoms with van der Waals surface area (Å²) in [6, 6.07) is 4.76. The van der Waals surface area contributed by atoms with E-state index in [0.29, 0.717) is 5.75 Å². The van der Waals surface area contributed by atoms with Gasteiger partial charge in [-0.3, -0.25) is 9.59 Å². The number of nitrogens with zero attached hydrogens (tertiary/aromatic N) is 1. The van der Waals surface area contributed by atoms with Crippen LogP contribution in [0.15, 0.2) is 30.5 Å². The van der Waals surface area contributed by atoms with Gasteiger partial charge in [-0.1, -0.05) is 12.5 Å². The number of hydrogen-bond donors (Lipinski definition) is 1. The molecule has 194 valence electrons. The highest BCUT2D eigenvalue weighted by Gasteiger charge is 2.37. The van der Waals surface area contributed by atoms with Gasteiger partial charge in [0.1, 0.15) is 23.7 Å². The number of methoxy groups -OCH3 is 2. The summed E-state index contributed by atoms with van der Waals surface area (Å²) >= 11 is 0. The van der Waals surface area contributed by atoms with Gasteiger partial charge < -0.3 is 24.3 Å². The number of aromatic nitrogens is 1. The summed E-state index contributed by atoms with van der Waals surface area (Å²) < 4.78 is 35.2. The van der Waals surface area contributed by atoms with Crippen molar-refractivity contribution in [2.75, 3.05) is 14.2 Å². The van der Waals surface area contributed by atoms with Gasteiger partial charge in [0.2, 0.25) is 5.75 Å². The third-order valence-corrected chi connectivity index (χ3v) is 6.27. The van der Waals surface area contributed by atoms with Crippen LogP contribution in [-0.4, -0.2) is 49.2 Å². The Labute approximate surface area is 209 Å². The third-order valence-electron chi connectivity index (χ3n) is 6.27. The van der Waals surface area contributed by atoms with Crippen molar-refractivity contribution in [3.05, 3.63) is 47.5 Å². The SMILES string of the molecule is COc1cc(F)ccc1[C@@H](C1CCC1)[C@H](C)OC(=O)[C@H](C)NC(=O)c1nccc(OC)c1OC(C)=O. The van der Waals surface area contributed by atoms with Crippen molar-refractivity contribution in [2.45, 2.75) is 58.1 Å². The Hall–Kier alpha value is -3.69. The van der Waals surface area contributed by atoms with E-state index in [1.165, 1.54) is 52.5 Å². The molecule has 3 atom stereocenters. The first kappa shape index (κ1) is 26.9. The number of carbonyl (C=O) groups excluding carboxylic acids is 3. The van der Waals surface area contributed by atoms with Crippen LogP contribution in [0.4, 0.5) is 4.39 Å². The number of benzene rings is 1. The first-order chi connectivity index (χ1) is 17.2. The molecule has 0 unspecified atom stereocenters. The zero-order valence-corrected chi connectivity index (χ0v) is 21.0. The van der Waals surface area contributed by atoms with Crippen LogP contribution in [0, 0.1) is 11.7 Å². The minimum Gasteiger partial charge on any atom is -0.496 e. The van der Waals surface area contributed by atoms with E-state index < -0.39 is 35.8 Å². The minimum absolute atomic E-state index is 0.144. The van der Waals surface area contributed by atoms with E-state index >= 15 is 0 Å². The zero-order chi connectivity index (χ0) is 26.4. The average molecular weight is 503 g/mol. The van der Waals surface area contributed by atoms with E-state index in [2.05, 4.69) is 10.3 Å². The second-order valence-corrected chi connectivity index (χ2v) is 8.72. The molecule has 1 aromatic carbocycles. The van der Waals surface area contributed by atoms with E-state index in [9.17, 15) is 18.8 Å². The summed E-state index contributed by atoms with van der Waals surface area (Å²) in [5.41, 5.74) is 0.563. The summed E-state index contributed by atoms with van der Waals surface area (Å²) in [6.45, 7) is 4.44. The van der Waals surface area contributed by atoms with Crippen LogP contribution in [-0.2, 0) is 14.3 Å². The lowest BCUT2D eigenvalue weighted by molar-refractivity contribution is -0.152. The summed E-state index contributed by atoms with van der Waals surface area (Å²) in [7, 11) is 2.83. The Kier molecular flexibility index (Phi) is 8.84. The smallest absolute Gasteiger partial charge is 0.328 e. The zero-order valence-electron chi connectivity index (χ0n) is 21.0. The molecule has 0 aliphatic heterocycles. The monoisotopic (exact) mass is 502 g/mol. The van der Waals surface area contributed by atoms with Gasteiger partial charge in [-0.15, -0.1) is 0 Å². The Bertz CT molecular complexity index is 1120. The molecule has 1 saturated carbocycles. The van der Waals surface area contributed by atoms with Gasteiger partial charge >= 0.3 is 11.9 Å². The molecule has 0 spiro atoms. The predicted molar refractivity (Wildman–Crippen MR) is 128 cm³/mol. The molecule has 0 radical (unpaired) electrons. The molecule has 1 aromatic heterocycles. The first-order valence-electron chi connectivity index (χ1n) is 11.7. The second kappa shape index (κ2) is 11.8. The molecule has 1 N–H and O–H groups in total. The molecule has 3 rings (SSSR count). The minimum atomic E-state index is -1.03. The van der Waals surface area contributed by atoms with Crippen molar-refractivity contribution in [3.63, 3.8) is 0 Å². The van der Waals surface area contributed by atoms with E-state index in [1.807, 2.05) is 0 Å². The molecule has 1 aliphatic carbocycles. The molecular formula is C26H31FN2O7. The second-order valence-electron chi connectivity index (χ2n) is 8.72. The fourth-order valence-corrected chi connectivity index (χ4v) is 4.33. The number of ether oxygens (including phenoxy) is 4. The quantitative estimate of drug-likeness (QED) is 0.488. The fourth-order valence-electron chi connectivity index (χ4n) is 4.33. The summed E-state index contributed by atoms with van der Waals surface area (Å²) in [6.07, 6.45) is 3.74. The summed E-state index contributed by atoms with van der Waals surface area (Å²) in [5, 5.41) is 2.54. The predicted octanol–water partition coefficient (Wildman–Crippen LogP) is 3.80. The number of pyridine rings is 1. The highest BCUT2D eigenvalue weighted by molar-refractivity contribution is 5.98. The lowest BCUT2D eigenvalue weighted by Gasteiger charge is -2.38. The van der Waals surface area contributed by atoms with Crippen molar-refractivity contribution in [1.82, 2.24) is 10.3 Å². The highest BCUT2D eigenvalue weighted by Crippen LogP contribution is 2.45. The van der Waals surface area contributed by atoms with Gasteiger partial charge in [-0.2, -0.15) is 0 Å². The van der Waals surface area contributed by atoms with Crippen LogP contribution >= 0.6 is 0 Å². The molecule has 9 nitrogen and oxygen atoms in total. The molecule has 2 aromatic rings. The van der Waals surface area contributed by atoms with Gasteiger partial charge in [0.05, 0.1) is 14.2 Å². The molecule has 1 heterocycles. The van der Waals surface area contributed by atoms with Crippen LogP contribution in [0.2, 0.25) is 0 Å². The number of esters is 2. The van der Waals surface area contributed by atoms with Crippen LogP contribution in [0.3, 0.4) is 0 Å². The Balaban J connectivity index is 1.74.